The second-order valence-corrected chi connectivity index (χ2v) is 16.5. The molecule has 17 unspecified atom stereocenters. The third-order valence-corrected chi connectivity index (χ3v) is 11.3. The van der Waals surface area contributed by atoms with Crippen molar-refractivity contribution in [1.29, 1.82) is 0 Å². The van der Waals surface area contributed by atoms with Crippen molar-refractivity contribution in [1.82, 2.24) is 5.32 Å². The smallest absolute Gasteiger partial charge is 0.220 e. The van der Waals surface area contributed by atoms with E-state index in [-0.39, 0.29) is 18.9 Å². The predicted octanol–water partition coefficient (Wildman–Crippen LogP) is -0.201. The van der Waals surface area contributed by atoms with Gasteiger partial charge < -0.3 is 89.9 Å². The van der Waals surface area contributed by atoms with Crippen molar-refractivity contribution in [2.75, 3.05) is 26.4 Å². The van der Waals surface area contributed by atoms with Gasteiger partial charge in [-0.1, -0.05) is 93.9 Å². The Labute approximate surface area is 382 Å². The zero-order valence-corrected chi connectivity index (χ0v) is 37.7. The Morgan fingerprint density at radius 1 is 0.569 bits per heavy atom. The number of allylic oxidation sites excluding steroid dienone is 9. The molecular formula is C46H77NO18. The SMILES string of the molecule is CC/C=C\C/C=C\C/C=C\C/C=C\CCCCCCC(=O)NC(COC1OC(CO)C(OC2OC(CO)C(OC3OC(CO)C(O)C(O)C3O)C(O)C2O)C(O)C1O)C(O)/C=C/CCC. The molecule has 0 aromatic carbocycles. The molecule has 3 aliphatic heterocycles. The monoisotopic (exact) mass is 932 g/mol. The number of carbonyl (C=O) groups excluding carboxylic acids is 1. The Bertz CT molecular complexity index is 1440. The Morgan fingerprint density at radius 3 is 1.62 bits per heavy atom. The number of hydrogen-bond acceptors (Lipinski definition) is 18. The van der Waals surface area contributed by atoms with E-state index in [4.69, 9.17) is 28.4 Å². The number of amides is 1. The molecule has 0 aromatic rings. The quantitative estimate of drug-likeness (QED) is 0.0341. The van der Waals surface area contributed by atoms with E-state index in [1.165, 1.54) is 6.08 Å². The first kappa shape index (κ1) is 56.8. The molecule has 65 heavy (non-hydrogen) atoms. The molecule has 1 amide bonds. The lowest BCUT2D eigenvalue weighted by atomic mass is 9.96. The number of hydrogen-bond donors (Lipinski definition) is 12. The molecule has 0 bridgehead atoms. The number of rotatable bonds is 29. The van der Waals surface area contributed by atoms with Crippen LogP contribution in [0.15, 0.2) is 60.8 Å². The van der Waals surface area contributed by atoms with Gasteiger partial charge in [-0.05, 0) is 51.4 Å². The van der Waals surface area contributed by atoms with Crippen molar-refractivity contribution in [3.05, 3.63) is 60.8 Å². The summed E-state index contributed by atoms with van der Waals surface area (Å²) in [5.41, 5.74) is 0. The summed E-state index contributed by atoms with van der Waals surface area (Å²) in [6, 6.07) is -0.982. The highest BCUT2D eigenvalue weighted by atomic mass is 16.8. The zero-order valence-electron chi connectivity index (χ0n) is 37.7. The summed E-state index contributed by atoms with van der Waals surface area (Å²) >= 11 is 0. The maximum absolute atomic E-state index is 13.0. The average molecular weight is 932 g/mol. The highest BCUT2D eigenvalue weighted by molar-refractivity contribution is 5.76. The standard InChI is InChI=1S/C46H77NO18/c1-3-5-7-8-9-10-11-12-13-14-15-16-17-18-19-20-22-24-34(52)47-29(30(51)23-21-6-4-2)28-60-44-40(58)37(55)42(32(26-49)62-44)65-46-41(59)38(56)43(33(27-50)63-46)64-45-39(57)36(54)35(53)31(25-48)61-45/h5,7,9-10,12-13,15-16,21,23,29-33,35-46,48-51,53-59H,3-4,6,8,11,14,17-20,22,24-28H2,1-2H3,(H,47,52)/b7-5-,10-9-,13-12-,16-15-,23-21+. The van der Waals surface area contributed by atoms with Crippen molar-refractivity contribution in [3.63, 3.8) is 0 Å². The van der Waals surface area contributed by atoms with E-state index in [9.17, 15) is 61.0 Å². The minimum absolute atomic E-state index is 0.209. The molecule has 3 aliphatic rings. The lowest BCUT2D eigenvalue weighted by Crippen LogP contribution is -2.66. The van der Waals surface area contributed by atoms with E-state index in [2.05, 4.69) is 60.8 Å². The largest absolute Gasteiger partial charge is 0.394 e. The van der Waals surface area contributed by atoms with Gasteiger partial charge in [-0.3, -0.25) is 4.79 Å². The van der Waals surface area contributed by atoms with Crippen LogP contribution in [0.25, 0.3) is 0 Å². The first-order valence-electron chi connectivity index (χ1n) is 23.0. The lowest BCUT2D eigenvalue weighted by molar-refractivity contribution is -0.379. The van der Waals surface area contributed by atoms with Gasteiger partial charge in [0.05, 0.1) is 38.6 Å². The van der Waals surface area contributed by atoms with Gasteiger partial charge in [0.2, 0.25) is 5.91 Å². The summed E-state index contributed by atoms with van der Waals surface area (Å²) in [4.78, 5) is 13.0. The van der Waals surface area contributed by atoms with Crippen LogP contribution < -0.4 is 5.32 Å². The zero-order chi connectivity index (χ0) is 47.7. The molecule has 3 fully saturated rings. The van der Waals surface area contributed by atoms with Gasteiger partial charge in [0.1, 0.15) is 73.2 Å². The minimum atomic E-state index is -1.98. The van der Waals surface area contributed by atoms with Gasteiger partial charge in [-0.15, -0.1) is 0 Å². The number of aliphatic hydroxyl groups is 11. The van der Waals surface area contributed by atoms with Crippen LogP contribution in [0, 0.1) is 0 Å². The summed E-state index contributed by atoms with van der Waals surface area (Å²) < 4.78 is 33.8. The molecule has 0 aliphatic carbocycles. The number of unbranched alkanes of at least 4 members (excludes halogenated alkanes) is 5. The molecule has 0 radical (unpaired) electrons. The lowest BCUT2D eigenvalue weighted by Gasteiger charge is -2.48. The number of carbonyl (C=O) groups is 1. The van der Waals surface area contributed by atoms with Crippen molar-refractivity contribution in [3.8, 4) is 0 Å². The van der Waals surface area contributed by atoms with E-state index in [1.54, 1.807) is 6.08 Å². The molecule has 0 spiro atoms. The van der Waals surface area contributed by atoms with E-state index in [0.717, 1.165) is 57.8 Å². The van der Waals surface area contributed by atoms with Crippen molar-refractivity contribution in [2.45, 2.75) is 195 Å². The predicted molar refractivity (Wildman–Crippen MR) is 235 cm³/mol. The fourth-order valence-corrected chi connectivity index (χ4v) is 7.42. The summed E-state index contributed by atoms with van der Waals surface area (Å²) in [6.07, 6.45) is 3.59. The minimum Gasteiger partial charge on any atom is -0.394 e. The van der Waals surface area contributed by atoms with Crippen LogP contribution in [0.3, 0.4) is 0 Å². The Kier molecular flexibility index (Phi) is 27.5. The number of aliphatic hydroxyl groups excluding tert-OH is 11. The molecular weight excluding hydrogens is 854 g/mol. The van der Waals surface area contributed by atoms with E-state index in [1.807, 2.05) is 6.92 Å². The Hall–Kier alpha value is -2.51. The van der Waals surface area contributed by atoms with Gasteiger partial charge >= 0.3 is 0 Å². The fraction of sp³-hybridized carbons (Fsp3) is 0.761. The van der Waals surface area contributed by atoms with Gasteiger partial charge in [-0.25, -0.2) is 0 Å². The second kappa shape index (κ2) is 31.5. The van der Waals surface area contributed by atoms with E-state index >= 15 is 0 Å². The van der Waals surface area contributed by atoms with Crippen molar-refractivity contribution >= 4 is 5.91 Å². The first-order valence-corrected chi connectivity index (χ1v) is 23.0. The molecule has 0 aromatic heterocycles. The van der Waals surface area contributed by atoms with Crippen LogP contribution in [0.5, 0.6) is 0 Å². The van der Waals surface area contributed by atoms with E-state index in [0.29, 0.717) is 12.8 Å². The van der Waals surface area contributed by atoms with Crippen molar-refractivity contribution < 1.29 is 89.4 Å². The highest BCUT2D eigenvalue weighted by Gasteiger charge is 2.53. The topological polar surface area (TPSA) is 307 Å². The van der Waals surface area contributed by atoms with Crippen molar-refractivity contribution in [2.24, 2.45) is 0 Å². The third-order valence-electron chi connectivity index (χ3n) is 11.3. The normalized spacial score (nSPS) is 34.7. The summed E-state index contributed by atoms with van der Waals surface area (Å²) in [5.74, 6) is -0.317. The van der Waals surface area contributed by atoms with Gasteiger partial charge in [0, 0.05) is 6.42 Å². The van der Waals surface area contributed by atoms with Crippen LogP contribution in [-0.4, -0.2) is 193 Å². The van der Waals surface area contributed by atoms with Crippen LogP contribution in [0.1, 0.15) is 90.9 Å². The van der Waals surface area contributed by atoms with Gasteiger partial charge in [0.15, 0.2) is 18.9 Å². The molecule has 19 heteroatoms. The number of nitrogens with one attached hydrogen (secondary N) is 1. The maximum Gasteiger partial charge on any atom is 0.220 e. The molecule has 3 saturated heterocycles. The van der Waals surface area contributed by atoms with Gasteiger partial charge in [0.25, 0.3) is 0 Å². The molecule has 19 nitrogen and oxygen atoms in total. The fourth-order valence-electron chi connectivity index (χ4n) is 7.42. The molecule has 3 rings (SSSR count). The van der Waals surface area contributed by atoms with Crippen LogP contribution >= 0.6 is 0 Å². The summed E-state index contributed by atoms with van der Waals surface area (Å²) in [6.45, 7) is 1.28. The molecule has 374 valence electrons. The summed E-state index contributed by atoms with van der Waals surface area (Å²) in [5, 5.41) is 118. The maximum atomic E-state index is 13.0. The molecule has 17 atom stereocenters. The first-order chi connectivity index (χ1) is 31.3. The van der Waals surface area contributed by atoms with Crippen LogP contribution in [-0.2, 0) is 33.2 Å². The molecule has 3 heterocycles. The van der Waals surface area contributed by atoms with E-state index < -0.39 is 124 Å². The van der Waals surface area contributed by atoms with Gasteiger partial charge in [-0.2, -0.15) is 0 Å². The second-order valence-electron chi connectivity index (χ2n) is 16.5. The Morgan fingerprint density at radius 2 is 1.06 bits per heavy atom. The average Bonchev–Trinajstić information content (AvgIpc) is 3.30. The summed E-state index contributed by atoms with van der Waals surface area (Å²) in [7, 11) is 0. The van der Waals surface area contributed by atoms with Crippen LogP contribution in [0.2, 0.25) is 0 Å². The third kappa shape index (κ3) is 18.5. The molecule has 0 saturated carbocycles. The highest BCUT2D eigenvalue weighted by Crippen LogP contribution is 2.33. The molecule has 12 N–H and O–H groups in total. The number of ether oxygens (including phenoxy) is 6. The van der Waals surface area contributed by atoms with Crippen LogP contribution in [0.4, 0.5) is 0 Å². The Balaban J connectivity index is 1.50.